The maximum Gasteiger partial charge on any atom is 0.393 e. The number of hydrogen-bond donors (Lipinski definition) is 1. The van der Waals surface area contributed by atoms with Gasteiger partial charge in [-0.15, -0.1) is 10.2 Å². The summed E-state index contributed by atoms with van der Waals surface area (Å²) in [7, 11) is 0. The highest BCUT2D eigenvalue weighted by Gasteiger charge is 2.14. The minimum absolute atomic E-state index is 0.139. The summed E-state index contributed by atoms with van der Waals surface area (Å²) in [5.74, 6) is -1.56. The van der Waals surface area contributed by atoms with E-state index < -0.39 is 11.9 Å². The summed E-state index contributed by atoms with van der Waals surface area (Å²) in [6.07, 6.45) is 3.17. The fourth-order valence-corrected chi connectivity index (χ4v) is 1.52. The first-order valence-corrected chi connectivity index (χ1v) is 5.02. The first-order chi connectivity index (χ1) is 8.74. The number of benzene rings is 1. The van der Waals surface area contributed by atoms with Gasteiger partial charge in [-0.1, -0.05) is 0 Å². The smallest absolute Gasteiger partial charge is 0.393 e. The number of carboxylic acid groups (broad SMARTS) is 1. The van der Waals surface area contributed by atoms with Gasteiger partial charge < -0.3 is 9.52 Å². The Morgan fingerprint density at radius 3 is 2.61 bits per heavy atom. The Balaban J connectivity index is 2.10. The van der Waals surface area contributed by atoms with Crippen LogP contribution in [0, 0.1) is 0 Å². The van der Waals surface area contributed by atoms with Crippen LogP contribution in [0.2, 0.25) is 0 Å². The highest BCUT2D eigenvalue weighted by molar-refractivity contribution is 5.83. The molecule has 0 unspecified atom stereocenters. The fourth-order valence-electron chi connectivity index (χ4n) is 1.52. The van der Waals surface area contributed by atoms with Gasteiger partial charge in [-0.3, -0.25) is 9.97 Å². The van der Waals surface area contributed by atoms with Crippen LogP contribution < -0.4 is 0 Å². The van der Waals surface area contributed by atoms with E-state index in [1.807, 2.05) is 0 Å². The van der Waals surface area contributed by atoms with Crippen LogP contribution in [0.15, 0.2) is 35.0 Å². The Kier molecular flexibility index (Phi) is 2.23. The third-order valence-electron chi connectivity index (χ3n) is 2.32. The molecule has 3 rings (SSSR count). The molecule has 7 nitrogen and oxygen atoms in total. The van der Waals surface area contributed by atoms with Crippen LogP contribution in [-0.2, 0) is 0 Å². The zero-order chi connectivity index (χ0) is 12.5. The highest BCUT2D eigenvalue weighted by atomic mass is 16.4. The van der Waals surface area contributed by atoms with Crippen molar-refractivity contribution in [3.63, 3.8) is 0 Å². The first kappa shape index (κ1) is 10.3. The van der Waals surface area contributed by atoms with Crippen molar-refractivity contribution in [1.82, 2.24) is 20.2 Å². The van der Waals surface area contributed by atoms with Crippen molar-refractivity contribution in [2.45, 2.75) is 0 Å². The standard InChI is InChI=1S/C11H6N4O3/c16-11(17)10-15-14-9(18-10)6-1-2-7-8(5-6)13-4-3-12-7/h1-5H,(H,16,17). The van der Waals surface area contributed by atoms with Crippen LogP contribution in [0.1, 0.15) is 10.7 Å². The van der Waals surface area contributed by atoms with Crippen LogP contribution in [0.25, 0.3) is 22.5 Å². The molecule has 0 amide bonds. The number of hydrogen-bond acceptors (Lipinski definition) is 6. The fraction of sp³-hybridized carbons (Fsp3) is 0. The van der Waals surface area contributed by atoms with Gasteiger partial charge in [-0.2, -0.15) is 0 Å². The Morgan fingerprint density at radius 1 is 1.11 bits per heavy atom. The van der Waals surface area contributed by atoms with Crippen LogP contribution in [0.5, 0.6) is 0 Å². The van der Waals surface area contributed by atoms with Crippen molar-refractivity contribution in [2.24, 2.45) is 0 Å². The molecule has 88 valence electrons. The summed E-state index contributed by atoms with van der Waals surface area (Å²) in [6, 6.07) is 5.18. The summed E-state index contributed by atoms with van der Waals surface area (Å²) in [4.78, 5) is 18.9. The molecule has 0 aliphatic carbocycles. The number of aromatic carboxylic acids is 1. The Morgan fingerprint density at radius 2 is 1.89 bits per heavy atom. The van der Waals surface area contributed by atoms with Gasteiger partial charge in [-0.05, 0) is 18.2 Å². The molecule has 3 aromatic rings. The summed E-state index contributed by atoms with van der Waals surface area (Å²) in [5.41, 5.74) is 2.01. The zero-order valence-corrected chi connectivity index (χ0v) is 8.94. The molecule has 0 aliphatic heterocycles. The van der Waals surface area contributed by atoms with Crippen LogP contribution >= 0.6 is 0 Å². The molecule has 0 radical (unpaired) electrons. The number of aromatic nitrogens is 4. The van der Waals surface area contributed by atoms with Crippen LogP contribution in [0.4, 0.5) is 0 Å². The van der Waals surface area contributed by atoms with Gasteiger partial charge in [-0.25, -0.2) is 4.79 Å². The normalized spacial score (nSPS) is 10.7. The van der Waals surface area contributed by atoms with Gasteiger partial charge >= 0.3 is 11.9 Å². The molecule has 1 N–H and O–H groups in total. The van der Waals surface area contributed by atoms with E-state index in [9.17, 15) is 4.79 Å². The molecule has 2 heterocycles. The molecule has 0 saturated heterocycles. The van der Waals surface area contributed by atoms with Gasteiger partial charge in [0.25, 0.3) is 0 Å². The maximum absolute atomic E-state index is 10.6. The number of carbonyl (C=O) groups is 1. The Bertz CT molecular complexity index is 738. The lowest BCUT2D eigenvalue weighted by Gasteiger charge is -1.97. The predicted molar refractivity (Wildman–Crippen MR) is 59.8 cm³/mol. The van der Waals surface area contributed by atoms with Crippen LogP contribution in [0.3, 0.4) is 0 Å². The van der Waals surface area contributed by atoms with Crippen molar-refractivity contribution in [3.8, 4) is 11.5 Å². The molecule has 2 aromatic heterocycles. The van der Waals surface area contributed by atoms with E-state index in [0.29, 0.717) is 11.1 Å². The highest BCUT2D eigenvalue weighted by Crippen LogP contribution is 2.21. The molecule has 0 atom stereocenters. The van der Waals surface area contributed by atoms with E-state index in [0.717, 1.165) is 5.52 Å². The van der Waals surface area contributed by atoms with Crippen molar-refractivity contribution < 1.29 is 14.3 Å². The van der Waals surface area contributed by atoms with E-state index in [1.54, 1.807) is 30.6 Å². The van der Waals surface area contributed by atoms with E-state index >= 15 is 0 Å². The number of nitrogens with zero attached hydrogens (tertiary/aromatic N) is 4. The van der Waals surface area contributed by atoms with E-state index in [1.165, 1.54) is 0 Å². The topological polar surface area (TPSA) is 102 Å². The summed E-state index contributed by atoms with van der Waals surface area (Å²) >= 11 is 0. The molecule has 0 saturated carbocycles. The van der Waals surface area contributed by atoms with Gasteiger partial charge in [0.15, 0.2) is 0 Å². The maximum atomic E-state index is 10.6. The van der Waals surface area contributed by atoms with E-state index in [2.05, 4.69) is 20.2 Å². The van der Waals surface area contributed by atoms with Gasteiger partial charge in [0.1, 0.15) is 0 Å². The van der Waals surface area contributed by atoms with Crippen LogP contribution in [-0.4, -0.2) is 31.2 Å². The molecular formula is C11H6N4O3. The molecular weight excluding hydrogens is 236 g/mol. The first-order valence-electron chi connectivity index (χ1n) is 5.02. The lowest BCUT2D eigenvalue weighted by molar-refractivity contribution is 0.0654. The quantitative estimate of drug-likeness (QED) is 0.723. The zero-order valence-electron chi connectivity index (χ0n) is 8.94. The Labute approximate surface area is 100 Å². The van der Waals surface area contributed by atoms with Crippen molar-refractivity contribution in [1.29, 1.82) is 0 Å². The second-order valence-electron chi connectivity index (χ2n) is 3.48. The van der Waals surface area contributed by atoms with Gasteiger partial charge in [0.05, 0.1) is 11.0 Å². The minimum atomic E-state index is -1.26. The van der Waals surface area contributed by atoms with E-state index in [4.69, 9.17) is 9.52 Å². The van der Waals surface area contributed by atoms with Crippen molar-refractivity contribution in [2.75, 3.05) is 0 Å². The second-order valence-corrected chi connectivity index (χ2v) is 3.48. The third-order valence-corrected chi connectivity index (χ3v) is 2.32. The second kappa shape index (κ2) is 3.88. The average Bonchev–Trinajstić information content (AvgIpc) is 2.88. The van der Waals surface area contributed by atoms with E-state index in [-0.39, 0.29) is 5.89 Å². The molecule has 0 fully saturated rings. The predicted octanol–water partition coefficient (Wildman–Crippen LogP) is 1.38. The number of fused-ring (bicyclic) bond motifs is 1. The summed E-state index contributed by atoms with van der Waals surface area (Å²) in [6.45, 7) is 0. The third kappa shape index (κ3) is 1.67. The largest absolute Gasteiger partial charge is 0.474 e. The summed E-state index contributed by atoms with van der Waals surface area (Å²) in [5, 5.41) is 15.8. The lowest BCUT2D eigenvalue weighted by Crippen LogP contribution is -1.95. The minimum Gasteiger partial charge on any atom is -0.474 e. The SMILES string of the molecule is O=C(O)c1nnc(-c2ccc3nccnc3c2)o1. The molecule has 18 heavy (non-hydrogen) atoms. The molecule has 7 heteroatoms. The summed E-state index contributed by atoms with van der Waals surface area (Å²) < 4.78 is 5.01. The molecule has 0 bridgehead atoms. The average molecular weight is 242 g/mol. The van der Waals surface area contributed by atoms with Crippen molar-refractivity contribution in [3.05, 3.63) is 36.5 Å². The molecule has 1 aromatic carbocycles. The van der Waals surface area contributed by atoms with Gasteiger partial charge in [0.2, 0.25) is 5.89 Å². The molecule has 0 spiro atoms. The number of rotatable bonds is 2. The van der Waals surface area contributed by atoms with Gasteiger partial charge in [0, 0.05) is 18.0 Å². The monoisotopic (exact) mass is 242 g/mol. The van der Waals surface area contributed by atoms with Crippen molar-refractivity contribution >= 4 is 17.0 Å². The Hall–Kier alpha value is -2.83. The lowest BCUT2D eigenvalue weighted by atomic mass is 10.2. The molecule has 0 aliphatic rings. The number of carboxylic acids is 1.